The fourth-order valence-electron chi connectivity index (χ4n) is 3.15. The third kappa shape index (κ3) is 30.0. The summed E-state index contributed by atoms with van der Waals surface area (Å²) in [6.07, 6.45) is 13.9. The highest BCUT2D eigenvalue weighted by atomic mass is 127. The Kier molecular flexibility index (Phi) is 31.0. The van der Waals surface area contributed by atoms with Crippen LogP contribution in [-0.2, 0) is 33.2 Å². The second-order valence-corrected chi connectivity index (χ2v) is 9.34. The lowest BCUT2D eigenvalue weighted by atomic mass is 10.1. The maximum atomic E-state index is 11.6. The van der Waals surface area contributed by atoms with Crippen molar-refractivity contribution in [3.05, 3.63) is 0 Å². The molecule has 0 aromatic carbocycles. The molecule has 0 aromatic heterocycles. The minimum absolute atomic E-state index is 0.125. The summed E-state index contributed by atoms with van der Waals surface area (Å²) in [5.41, 5.74) is 0. The summed E-state index contributed by atoms with van der Waals surface area (Å²) in [5.74, 6) is -0.125. The third-order valence-electron chi connectivity index (χ3n) is 5.14. The summed E-state index contributed by atoms with van der Waals surface area (Å²) in [5, 5.41) is 0. The van der Waals surface area contributed by atoms with Crippen LogP contribution in [0.1, 0.15) is 84.0 Å². The van der Waals surface area contributed by atoms with Gasteiger partial charge in [0.05, 0.1) is 59.5 Å². The number of alkyl halides is 1. The van der Waals surface area contributed by atoms with Gasteiger partial charge in [0.2, 0.25) is 0 Å². The molecule has 0 fully saturated rings. The van der Waals surface area contributed by atoms with Gasteiger partial charge in [-0.3, -0.25) is 4.79 Å². The Hall–Kier alpha value is -0.000000000000000222. The van der Waals surface area contributed by atoms with Crippen LogP contribution in [0.5, 0.6) is 0 Å². The summed E-state index contributed by atoms with van der Waals surface area (Å²) >= 11 is 2.42. The van der Waals surface area contributed by atoms with Crippen LogP contribution in [0.2, 0.25) is 0 Å². The number of hydrogen-bond acceptors (Lipinski definition) is 7. The summed E-state index contributed by atoms with van der Waals surface area (Å²) in [6.45, 7) is 8.18. The zero-order chi connectivity index (χ0) is 24.8. The average molecular weight is 603 g/mol. The van der Waals surface area contributed by atoms with Crippen molar-refractivity contribution in [1.29, 1.82) is 0 Å². The van der Waals surface area contributed by atoms with Gasteiger partial charge in [-0.1, -0.05) is 80.9 Å². The Labute approximate surface area is 222 Å². The van der Waals surface area contributed by atoms with E-state index in [2.05, 4.69) is 29.5 Å². The number of carbonyl (C=O) groups excluding carboxylic acids is 1. The summed E-state index contributed by atoms with van der Waals surface area (Å²) in [6, 6.07) is 0. The largest absolute Gasteiger partial charge is 0.463 e. The van der Waals surface area contributed by atoms with Gasteiger partial charge in [-0.15, -0.1) is 0 Å². The standard InChI is InChI=1S/C26H51IO7/c1-2-3-4-5-6-7-10-13-26(28)34-25-24-33-23-22-32-21-20-31-19-18-30-17-16-29-15-12-9-8-11-14-27/h2-25H2,1H3. The lowest BCUT2D eigenvalue weighted by molar-refractivity contribution is -0.145. The normalized spacial score (nSPS) is 11.2. The number of halogens is 1. The fourth-order valence-corrected chi connectivity index (χ4v) is 3.69. The first kappa shape index (κ1) is 34.0. The highest BCUT2D eigenvalue weighted by Gasteiger charge is 2.02. The van der Waals surface area contributed by atoms with Crippen molar-refractivity contribution in [2.24, 2.45) is 0 Å². The van der Waals surface area contributed by atoms with Crippen molar-refractivity contribution in [2.45, 2.75) is 84.0 Å². The van der Waals surface area contributed by atoms with Gasteiger partial charge in [0.15, 0.2) is 0 Å². The van der Waals surface area contributed by atoms with Crippen LogP contribution in [0, 0.1) is 0 Å². The molecule has 0 rings (SSSR count). The first-order valence-electron chi connectivity index (χ1n) is 13.4. The van der Waals surface area contributed by atoms with Crippen LogP contribution in [0.15, 0.2) is 0 Å². The number of ether oxygens (including phenoxy) is 6. The molecule has 0 amide bonds. The summed E-state index contributed by atoms with van der Waals surface area (Å²) < 4.78 is 33.8. The van der Waals surface area contributed by atoms with Gasteiger partial charge < -0.3 is 28.4 Å². The predicted octanol–water partition coefficient (Wildman–Crippen LogP) is 5.75. The molecule has 0 spiro atoms. The highest BCUT2D eigenvalue weighted by Crippen LogP contribution is 2.08. The van der Waals surface area contributed by atoms with Crippen LogP contribution < -0.4 is 0 Å². The maximum Gasteiger partial charge on any atom is 0.305 e. The van der Waals surface area contributed by atoms with Crippen molar-refractivity contribution in [3.63, 3.8) is 0 Å². The van der Waals surface area contributed by atoms with Crippen LogP contribution in [0.4, 0.5) is 0 Å². The van der Waals surface area contributed by atoms with Crippen molar-refractivity contribution in [2.75, 3.05) is 77.1 Å². The van der Waals surface area contributed by atoms with Crippen LogP contribution in [0.3, 0.4) is 0 Å². The van der Waals surface area contributed by atoms with Crippen LogP contribution in [0.25, 0.3) is 0 Å². The van der Waals surface area contributed by atoms with Gasteiger partial charge in [-0.05, 0) is 23.7 Å². The fraction of sp³-hybridized carbons (Fsp3) is 0.962. The molecule has 0 saturated heterocycles. The lowest BCUT2D eigenvalue weighted by Gasteiger charge is -2.08. The zero-order valence-electron chi connectivity index (χ0n) is 21.7. The molecule has 0 aliphatic carbocycles. The maximum absolute atomic E-state index is 11.6. The molecule has 0 bridgehead atoms. The van der Waals surface area contributed by atoms with Gasteiger partial charge in [-0.2, -0.15) is 0 Å². The molecule has 34 heavy (non-hydrogen) atoms. The number of rotatable bonds is 29. The highest BCUT2D eigenvalue weighted by molar-refractivity contribution is 14.1. The SMILES string of the molecule is CCCCCCCCCC(=O)OCCOCCOCCOCCOCCOCCCCCCI. The molecule has 0 aliphatic heterocycles. The molecule has 8 heteroatoms. The monoisotopic (exact) mass is 602 g/mol. The van der Waals surface area contributed by atoms with E-state index in [0.717, 1.165) is 25.9 Å². The topological polar surface area (TPSA) is 72.5 Å². The molecule has 0 unspecified atom stereocenters. The zero-order valence-corrected chi connectivity index (χ0v) is 23.9. The molecule has 0 heterocycles. The van der Waals surface area contributed by atoms with E-state index in [1.165, 1.54) is 55.8 Å². The Morgan fingerprint density at radius 3 is 1.44 bits per heavy atom. The minimum Gasteiger partial charge on any atom is -0.463 e. The van der Waals surface area contributed by atoms with Crippen molar-refractivity contribution in [1.82, 2.24) is 0 Å². The Morgan fingerprint density at radius 1 is 0.500 bits per heavy atom. The molecular formula is C26H51IO7. The lowest BCUT2D eigenvalue weighted by Crippen LogP contribution is -2.15. The van der Waals surface area contributed by atoms with E-state index in [-0.39, 0.29) is 5.97 Å². The van der Waals surface area contributed by atoms with Gasteiger partial charge in [-0.25, -0.2) is 0 Å². The smallest absolute Gasteiger partial charge is 0.305 e. The molecule has 0 radical (unpaired) electrons. The molecule has 7 nitrogen and oxygen atoms in total. The van der Waals surface area contributed by atoms with Crippen LogP contribution >= 0.6 is 22.6 Å². The van der Waals surface area contributed by atoms with E-state index < -0.39 is 0 Å². The van der Waals surface area contributed by atoms with E-state index in [1.807, 2.05) is 0 Å². The third-order valence-corrected chi connectivity index (χ3v) is 5.90. The molecule has 0 saturated carbocycles. The molecule has 0 N–H and O–H groups in total. The van der Waals surface area contributed by atoms with Gasteiger partial charge in [0.25, 0.3) is 0 Å². The van der Waals surface area contributed by atoms with Gasteiger partial charge >= 0.3 is 5.97 Å². The number of hydrogen-bond donors (Lipinski definition) is 0. The average Bonchev–Trinajstić information content (AvgIpc) is 2.84. The molecular weight excluding hydrogens is 551 g/mol. The molecule has 204 valence electrons. The second kappa shape index (κ2) is 31.0. The minimum atomic E-state index is -0.125. The molecule has 0 atom stereocenters. The Balaban J connectivity index is 3.10. The Morgan fingerprint density at radius 2 is 0.912 bits per heavy atom. The van der Waals surface area contributed by atoms with Gasteiger partial charge in [0, 0.05) is 13.0 Å². The first-order chi connectivity index (χ1) is 16.8. The van der Waals surface area contributed by atoms with E-state index in [9.17, 15) is 4.79 Å². The van der Waals surface area contributed by atoms with Crippen molar-refractivity contribution >= 4 is 28.6 Å². The number of esters is 1. The quantitative estimate of drug-likeness (QED) is 0.0468. The van der Waals surface area contributed by atoms with Crippen molar-refractivity contribution < 1.29 is 33.2 Å². The summed E-state index contributed by atoms with van der Waals surface area (Å²) in [7, 11) is 0. The van der Waals surface area contributed by atoms with Gasteiger partial charge in [0.1, 0.15) is 6.61 Å². The molecule has 0 aliphatic rings. The van der Waals surface area contributed by atoms with E-state index in [0.29, 0.717) is 72.5 Å². The van der Waals surface area contributed by atoms with Crippen molar-refractivity contribution in [3.8, 4) is 0 Å². The Bertz CT molecular complexity index is 399. The number of unbranched alkanes of at least 4 members (excludes halogenated alkanes) is 9. The van der Waals surface area contributed by atoms with E-state index in [1.54, 1.807) is 0 Å². The molecule has 0 aromatic rings. The summed E-state index contributed by atoms with van der Waals surface area (Å²) in [4.78, 5) is 11.6. The number of carbonyl (C=O) groups is 1. The predicted molar refractivity (Wildman–Crippen MR) is 145 cm³/mol. The van der Waals surface area contributed by atoms with Crippen LogP contribution in [-0.4, -0.2) is 83.1 Å². The van der Waals surface area contributed by atoms with E-state index >= 15 is 0 Å². The first-order valence-corrected chi connectivity index (χ1v) is 14.9. The second-order valence-electron chi connectivity index (χ2n) is 8.26. The van der Waals surface area contributed by atoms with E-state index in [4.69, 9.17) is 28.4 Å².